The Morgan fingerprint density at radius 3 is 2.26 bits per heavy atom. The number of nitrogens with zero attached hydrogens (tertiary/aromatic N) is 3. The van der Waals surface area contributed by atoms with Gasteiger partial charge >= 0.3 is 12.1 Å². The SMILES string of the molecule is CC(C)(C)OC(=O)[C@H](CNC(=O)c1ccc(N2CCC(Nc3ncccn3)CC2)cc1)NC(=O)OCc1ccccc1. The van der Waals surface area contributed by atoms with Crippen molar-refractivity contribution in [1.82, 2.24) is 20.6 Å². The Labute approximate surface area is 246 Å². The van der Waals surface area contributed by atoms with E-state index < -0.39 is 23.7 Å². The number of nitrogens with one attached hydrogen (secondary N) is 3. The zero-order valence-electron chi connectivity index (χ0n) is 24.2. The van der Waals surface area contributed by atoms with Crippen LogP contribution in [-0.2, 0) is 20.9 Å². The van der Waals surface area contributed by atoms with Crippen molar-refractivity contribution in [1.29, 1.82) is 0 Å². The summed E-state index contributed by atoms with van der Waals surface area (Å²) >= 11 is 0. The second-order valence-corrected chi connectivity index (χ2v) is 11.0. The minimum atomic E-state index is -1.13. The van der Waals surface area contributed by atoms with Crippen LogP contribution < -0.4 is 20.9 Å². The fourth-order valence-electron chi connectivity index (χ4n) is 4.43. The Bertz CT molecular complexity index is 1310. The third kappa shape index (κ3) is 9.46. The van der Waals surface area contributed by atoms with Gasteiger partial charge in [0.1, 0.15) is 18.2 Å². The summed E-state index contributed by atoms with van der Waals surface area (Å²) in [6, 6.07) is 17.5. The van der Waals surface area contributed by atoms with Crippen LogP contribution in [0.15, 0.2) is 73.1 Å². The van der Waals surface area contributed by atoms with Gasteiger partial charge in [-0.15, -0.1) is 0 Å². The molecule has 0 bridgehead atoms. The summed E-state index contributed by atoms with van der Waals surface area (Å²) in [7, 11) is 0. The maximum absolute atomic E-state index is 12.9. The number of amides is 2. The molecule has 2 aromatic carbocycles. The lowest BCUT2D eigenvalue weighted by molar-refractivity contribution is -0.157. The second kappa shape index (κ2) is 14.3. The largest absolute Gasteiger partial charge is 0.458 e. The van der Waals surface area contributed by atoms with Gasteiger partial charge in [0, 0.05) is 49.3 Å². The molecule has 2 heterocycles. The molecule has 11 nitrogen and oxygen atoms in total. The number of piperidine rings is 1. The maximum atomic E-state index is 12.9. The van der Waals surface area contributed by atoms with Gasteiger partial charge in [-0.05, 0) is 69.5 Å². The van der Waals surface area contributed by atoms with Crippen molar-refractivity contribution in [3.8, 4) is 0 Å². The number of rotatable bonds is 10. The van der Waals surface area contributed by atoms with Gasteiger partial charge in [0.25, 0.3) is 5.91 Å². The van der Waals surface area contributed by atoms with Gasteiger partial charge in [0.05, 0.1) is 0 Å². The molecule has 0 saturated carbocycles. The molecule has 0 aliphatic carbocycles. The lowest BCUT2D eigenvalue weighted by Crippen LogP contribution is -2.50. The van der Waals surface area contributed by atoms with E-state index in [-0.39, 0.29) is 19.1 Å². The predicted octanol–water partition coefficient (Wildman–Crippen LogP) is 3.92. The highest BCUT2D eigenvalue weighted by molar-refractivity contribution is 5.95. The molecule has 0 spiro atoms. The van der Waals surface area contributed by atoms with Gasteiger partial charge in [-0.2, -0.15) is 0 Å². The minimum absolute atomic E-state index is 0.0437. The van der Waals surface area contributed by atoms with E-state index in [2.05, 4.69) is 30.8 Å². The van der Waals surface area contributed by atoms with Gasteiger partial charge in [0.2, 0.25) is 5.95 Å². The van der Waals surface area contributed by atoms with Crippen LogP contribution in [0.2, 0.25) is 0 Å². The van der Waals surface area contributed by atoms with E-state index in [9.17, 15) is 14.4 Å². The van der Waals surface area contributed by atoms with E-state index in [0.717, 1.165) is 37.2 Å². The fraction of sp³-hybridized carbons (Fsp3) is 0.387. The molecule has 222 valence electrons. The van der Waals surface area contributed by atoms with Gasteiger partial charge < -0.3 is 30.3 Å². The predicted molar refractivity (Wildman–Crippen MR) is 159 cm³/mol. The topological polar surface area (TPSA) is 135 Å². The first-order chi connectivity index (χ1) is 20.2. The molecule has 0 radical (unpaired) electrons. The molecule has 1 aliphatic rings. The van der Waals surface area contributed by atoms with E-state index in [0.29, 0.717) is 17.6 Å². The molecule has 1 saturated heterocycles. The number of aromatic nitrogens is 2. The van der Waals surface area contributed by atoms with Crippen molar-refractivity contribution >= 4 is 29.6 Å². The van der Waals surface area contributed by atoms with Crippen molar-refractivity contribution in [3.05, 3.63) is 84.2 Å². The van der Waals surface area contributed by atoms with Gasteiger partial charge in [0.15, 0.2) is 0 Å². The van der Waals surface area contributed by atoms with Crippen molar-refractivity contribution in [2.24, 2.45) is 0 Å². The smallest absolute Gasteiger partial charge is 0.408 e. The lowest BCUT2D eigenvalue weighted by atomic mass is 10.0. The van der Waals surface area contributed by atoms with Crippen molar-refractivity contribution < 1.29 is 23.9 Å². The molecule has 0 unspecified atom stereocenters. The molecule has 11 heteroatoms. The van der Waals surface area contributed by atoms with Gasteiger partial charge in [-0.3, -0.25) is 4.79 Å². The summed E-state index contributed by atoms with van der Waals surface area (Å²) in [5.74, 6) is -0.411. The summed E-state index contributed by atoms with van der Waals surface area (Å²) in [4.78, 5) is 48.9. The van der Waals surface area contributed by atoms with E-state index in [4.69, 9.17) is 9.47 Å². The third-order valence-corrected chi connectivity index (χ3v) is 6.55. The number of carbonyl (C=O) groups is 3. The van der Waals surface area contributed by atoms with Crippen LogP contribution in [0.25, 0.3) is 0 Å². The second-order valence-electron chi connectivity index (χ2n) is 11.0. The average Bonchev–Trinajstić information content (AvgIpc) is 2.98. The van der Waals surface area contributed by atoms with Gasteiger partial charge in [-0.1, -0.05) is 30.3 Å². The molecule has 1 aromatic heterocycles. The van der Waals surface area contributed by atoms with Crippen molar-refractivity contribution in [2.75, 3.05) is 29.9 Å². The van der Waals surface area contributed by atoms with E-state index in [1.54, 1.807) is 51.4 Å². The van der Waals surface area contributed by atoms with E-state index >= 15 is 0 Å². The Hall–Kier alpha value is -4.67. The standard InChI is InChI=1S/C31H38N6O5/c1-31(2,3)42-28(39)26(36-30(40)41-21-22-8-5-4-6-9-22)20-34-27(38)23-10-12-25(13-11-23)37-18-14-24(15-19-37)35-29-32-16-7-17-33-29/h4-13,16-17,24,26H,14-15,18-21H2,1-3H3,(H,34,38)(H,36,40)(H,32,33,35)/t26-/m0/s1. The minimum Gasteiger partial charge on any atom is -0.458 e. The highest BCUT2D eigenvalue weighted by Gasteiger charge is 2.28. The van der Waals surface area contributed by atoms with E-state index in [1.165, 1.54) is 0 Å². The van der Waals surface area contributed by atoms with Crippen LogP contribution in [0.5, 0.6) is 0 Å². The van der Waals surface area contributed by atoms with Crippen LogP contribution in [0.4, 0.5) is 16.4 Å². The number of benzene rings is 2. The summed E-state index contributed by atoms with van der Waals surface area (Å²) < 4.78 is 10.7. The first-order valence-electron chi connectivity index (χ1n) is 14.0. The van der Waals surface area contributed by atoms with Crippen molar-refractivity contribution in [2.45, 2.75) is 57.9 Å². The number of carbonyl (C=O) groups excluding carboxylic acids is 3. The molecular formula is C31H38N6O5. The molecule has 1 aliphatic heterocycles. The summed E-state index contributed by atoms with van der Waals surface area (Å²) in [5, 5.41) is 8.62. The number of alkyl carbamates (subject to hydrolysis) is 1. The number of ether oxygens (including phenoxy) is 2. The molecule has 3 aromatic rings. The number of anilines is 2. The first-order valence-corrected chi connectivity index (χ1v) is 14.0. The Morgan fingerprint density at radius 1 is 0.952 bits per heavy atom. The number of esters is 1. The number of hydrogen-bond acceptors (Lipinski definition) is 9. The average molecular weight is 575 g/mol. The first kappa shape index (κ1) is 30.3. The Morgan fingerprint density at radius 2 is 1.62 bits per heavy atom. The summed E-state index contributed by atoms with van der Waals surface area (Å²) in [5.41, 5.74) is 1.49. The van der Waals surface area contributed by atoms with Gasteiger partial charge in [-0.25, -0.2) is 19.6 Å². The Balaban J connectivity index is 1.28. The highest BCUT2D eigenvalue weighted by Crippen LogP contribution is 2.22. The zero-order valence-corrected chi connectivity index (χ0v) is 24.2. The molecule has 1 fully saturated rings. The van der Waals surface area contributed by atoms with Crippen LogP contribution in [-0.4, -0.2) is 65.3 Å². The van der Waals surface area contributed by atoms with Crippen LogP contribution in [0.1, 0.15) is 49.5 Å². The quantitative estimate of drug-likeness (QED) is 0.308. The molecule has 2 amide bonds. The third-order valence-electron chi connectivity index (χ3n) is 6.55. The van der Waals surface area contributed by atoms with Crippen LogP contribution >= 0.6 is 0 Å². The van der Waals surface area contributed by atoms with Crippen molar-refractivity contribution in [3.63, 3.8) is 0 Å². The highest BCUT2D eigenvalue weighted by atomic mass is 16.6. The van der Waals surface area contributed by atoms with E-state index in [1.807, 2.05) is 42.5 Å². The Kier molecular flexibility index (Phi) is 10.3. The molecule has 3 N–H and O–H groups in total. The molecule has 1 atom stereocenters. The lowest BCUT2D eigenvalue weighted by Gasteiger charge is -2.34. The molecular weight excluding hydrogens is 536 g/mol. The van der Waals surface area contributed by atoms with Crippen LogP contribution in [0.3, 0.4) is 0 Å². The summed E-state index contributed by atoms with van der Waals surface area (Å²) in [6.07, 6.45) is 4.53. The molecule has 42 heavy (non-hydrogen) atoms. The summed E-state index contributed by atoms with van der Waals surface area (Å²) in [6.45, 7) is 6.79. The van der Waals surface area contributed by atoms with Crippen LogP contribution in [0, 0.1) is 0 Å². The zero-order chi connectivity index (χ0) is 30.0. The fourth-order valence-corrected chi connectivity index (χ4v) is 4.43. The maximum Gasteiger partial charge on any atom is 0.408 e. The normalized spacial score (nSPS) is 14.4. The molecule has 4 rings (SSSR count). The monoisotopic (exact) mass is 574 g/mol. The number of hydrogen-bond donors (Lipinski definition) is 3.